The minimum Gasteiger partial charge on any atom is -0.325 e. The number of fused-ring (bicyclic) bond motifs is 3. The molecule has 3 nitrogen and oxygen atoms in total. The van der Waals surface area contributed by atoms with Gasteiger partial charge in [-0.2, -0.15) is 5.10 Å². The second-order valence-corrected chi connectivity index (χ2v) is 6.63. The Morgan fingerprint density at radius 1 is 1.04 bits per heavy atom. The molecule has 2 aromatic carbocycles. The molecule has 4 rings (SSSR count). The van der Waals surface area contributed by atoms with Gasteiger partial charge in [0.2, 0.25) is 0 Å². The van der Waals surface area contributed by atoms with Gasteiger partial charge in [0.25, 0.3) is 0 Å². The molecule has 4 heteroatoms. The molecular weight excluding hydrogens is 318 g/mol. The van der Waals surface area contributed by atoms with Crippen molar-refractivity contribution in [1.82, 2.24) is 14.3 Å². The van der Waals surface area contributed by atoms with Crippen LogP contribution < -0.4 is 0 Å². The summed E-state index contributed by atoms with van der Waals surface area (Å²) in [6.45, 7) is 5.31. The monoisotopic (exact) mass is 337 g/mol. The number of para-hydroxylation sites is 1. The van der Waals surface area contributed by atoms with Crippen LogP contribution in [-0.2, 0) is 6.54 Å². The molecule has 0 atom stereocenters. The molecule has 0 saturated carbocycles. The number of aromatic nitrogens is 3. The third-order valence-electron chi connectivity index (χ3n) is 4.56. The predicted octanol–water partition coefficient (Wildman–Crippen LogP) is 5.74. The van der Waals surface area contributed by atoms with Crippen LogP contribution in [0, 0.1) is 6.92 Å². The Bertz CT molecular complexity index is 1010. The van der Waals surface area contributed by atoms with Crippen molar-refractivity contribution in [2.24, 2.45) is 0 Å². The van der Waals surface area contributed by atoms with Crippen LogP contribution in [0.5, 0.6) is 0 Å². The van der Waals surface area contributed by atoms with Gasteiger partial charge in [0, 0.05) is 22.3 Å². The van der Waals surface area contributed by atoms with Gasteiger partial charge in [-0.1, -0.05) is 43.1 Å². The second kappa shape index (κ2) is 5.99. The van der Waals surface area contributed by atoms with Crippen LogP contribution in [0.25, 0.3) is 27.6 Å². The molecule has 0 amide bonds. The molecule has 0 aliphatic carbocycles. The summed E-state index contributed by atoms with van der Waals surface area (Å²) < 4.78 is 4.46. The van der Waals surface area contributed by atoms with E-state index in [0.717, 1.165) is 29.4 Å². The van der Waals surface area contributed by atoms with Gasteiger partial charge in [-0.05, 0) is 43.7 Å². The molecule has 0 unspecified atom stereocenters. The fourth-order valence-corrected chi connectivity index (χ4v) is 3.55. The van der Waals surface area contributed by atoms with Gasteiger partial charge in [0.15, 0.2) is 0 Å². The summed E-state index contributed by atoms with van der Waals surface area (Å²) in [6, 6.07) is 16.5. The highest BCUT2D eigenvalue weighted by molar-refractivity contribution is 6.30. The largest absolute Gasteiger partial charge is 0.325 e. The summed E-state index contributed by atoms with van der Waals surface area (Å²) >= 11 is 6.05. The summed E-state index contributed by atoms with van der Waals surface area (Å²) in [4.78, 5) is 0. The average Bonchev–Trinajstić information content (AvgIpc) is 3.10. The number of benzene rings is 2. The van der Waals surface area contributed by atoms with E-state index in [-0.39, 0.29) is 0 Å². The Morgan fingerprint density at radius 2 is 1.79 bits per heavy atom. The third-order valence-corrected chi connectivity index (χ3v) is 4.81. The Hall–Kier alpha value is -2.26. The summed E-state index contributed by atoms with van der Waals surface area (Å²) in [7, 11) is 0. The van der Waals surface area contributed by atoms with Crippen LogP contribution in [0.2, 0.25) is 5.02 Å². The molecule has 0 N–H and O–H groups in total. The molecule has 4 aromatic rings. The van der Waals surface area contributed by atoms with Gasteiger partial charge < -0.3 is 4.57 Å². The number of rotatable bonds is 4. The molecule has 0 spiro atoms. The first kappa shape index (κ1) is 15.3. The molecule has 0 saturated heterocycles. The van der Waals surface area contributed by atoms with Crippen molar-refractivity contribution in [3.05, 3.63) is 59.2 Å². The van der Waals surface area contributed by atoms with Gasteiger partial charge in [-0.25, -0.2) is 4.68 Å². The van der Waals surface area contributed by atoms with Crippen molar-refractivity contribution in [3.63, 3.8) is 0 Å². The molecule has 24 heavy (non-hydrogen) atoms. The van der Waals surface area contributed by atoms with Crippen molar-refractivity contribution >= 4 is 33.5 Å². The van der Waals surface area contributed by atoms with Gasteiger partial charge in [-0.3, -0.25) is 0 Å². The molecule has 0 fully saturated rings. The number of nitrogens with zero attached hydrogens (tertiary/aromatic N) is 3. The number of halogens is 1. The maximum Gasteiger partial charge on any atom is 0.145 e. The van der Waals surface area contributed by atoms with Crippen LogP contribution in [-0.4, -0.2) is 14.3 Å². The first-order valence-electron chi connectivity index (χ1n) is 8.43. The Morgan fingerprint density at radius 3 is 2.54 bits per heavy atom. The zero-order valence-corrected chi connectivity index (χ0v) is 14.7. The number of unbranched alkanes of at least 4 members (excludes halogenated alkanes) is 1. The zero-order chi connectivity index (χ0) is 16.7. The zero-order valence-electron chi connectivity index (χ0n) is 14.0. The molecule has 2 heterocycles. The second-order valence-electron chi connectivity index (χ2n) is 6.19. The van der Waals surface area contributed by atoms with Crippen LogP contribution in [0.15, 0.2) is 48.5 Å². The quantitative estimate of drug-likeness (QED) is 0.465. The SMILES string of the molecule is CCCCn1c2ccccc2c2c(C)nn(-c3ccc(Cl)cc3)c21. The topological polar surface area (TPSA) is 22.8 Å². The lowest BCUT2D eigenvalue weighted by Crippen LogP contribution is -2.04. The van der Waals surface area contributed by atoms with E-state index in [1.807, 2.05) is 24.3 Å². The van der Waals surface area contributed by atoms with Crippen molar-refractivity contribution < 1.29 is 0 Å². The molecule has 122 valence electrons. The maximum atomic E-state index is 6.05. The molecule has 2 aromatic heterocycles. The van der Waals surface area contributed by atoms with E-state index in [0.29, 0.717) is 0 Å². The summed E-state index contributed by atoms with van der Waals surface area (Å²) in [5.41, 5.74) is 4.55. The van der Waals surface area contributed by atoms with E-state index in [2.05, 4.69) is 47.4 Å². The van der Waals surface area contributed by atoms with E-state index < -0.39 is 0 Å². The third kappa shape index (κ3) is 2.31. The highest BCUT2D eigenvalue weighted by Gasteiger charge is 2.19. The fraction of sp³-hybridized carbons (Fsp3) is 0.250. The Labute approximate surface area is 146 Å². The molecular formula is C20H20ClN3. The van der Waals surface area contributed by atoms with Crippen molar-refractivity contribution in [1.29, 1.82) is 0 Å². The normalized spacial score (nSPS) is 11.6. The lowest BCUT2D eigenvalue weighted by Gasteiger charge is -2.09. The Balaban J connectivity index is 2.06. The molecule has 0 radical (unpaired) electrons. The van der Waals surface area contributed by atoms with Gasteiger partial charge in [0.1, 0.15) is 5.65 Å². The van der Waals surface area contributed by atoms with Crippen LogP contribution >= 0.6 is 11.6 Å². The van der Waals surface area contributed by atoms with E-state index >= 15 is 0 Å². The number of hydrogen-bond acceptors (Lipinski definition) is 1. The first-order valence-corrected chi connectivity index (χ1v) is 8.81. The fourth-order valence-electron chi connectivity index (χ4n) is 3.42. The van der Waals surface area contributed by atoms with Gasteiger partial charge in [0.05, 0.1) is 16.9 Å². The number of hydrogen-bond donors (Lipinski definition) is 0. The maximum absolute atomic E-state index is 6.05. The highest BCUT2D eigenvalue weighted by atomic mass is 35.5. The van der Waals surface area contributed by atoms with E-state index in [4.69, 9.17) is 16.7 Å². The highest BCUT2D eigenvalue weighted by Crippen LogP contribution is 2.33. The first-order chi connectivity index (χ1) is 11.7. The summed E-state index contributed by atoms with van der Waals surface area (Å²) in [5.74, 6) is 0. The summed E-state index contributed by atoms with van der Waals surface area (Å²) in [6.07, 6.45) is 2.32. The minimum atomic E-state index is 0.741. The number of aryl methyl sites for hydroxylation is 2. The van der Waals surface area contributed by atoms with Crippen molar-refractivity contribution in [2.45, 2.75) is 33.2 Å². The van der Waals surface area contributed by atoms with E-state index in [1.54, 1.807) is 0 Å². The van der Waals surface area contributed by atoms with Crippen LogP contribution in [0.4, 0.5) is 0 Å². The lowest BCUT2D eigenvalue weighted by atomic mass is 10.2. The van der Waals surface area contributed by atoms with E-state index in [1.165, 1.54) is 28.4 Å². The van der Waals surface area contributed by atoms with Gasteiger partial charge in [-0.15, -0.1) is 0 Å². The minimum absolute atomic E-state index is 0.741. The smallest absolute Gasteiger partial charge is 0.145 e. The lowest BCUT2D eigenvalue weighted by molar-refractivity contribution is 0.652. The van der Waals surface area contributed by atoms with Gasteiger partial charge >= 0.3 is 0 Å². The standard InChI is InChI=1S/C20H20ClN3/c1-3-4-13-23-18-8-6-5-7-17(18)19-14(2)22-24(20(19)23)16-11-9-15(21)10-12-16/h5-12H,3-4,13H2,1-2H3. The predicted molar refractivity (Wildman–Crippen MR) is 101 cm³/mol. The van der Waals surface area contributed by atoms with Crippen LogP contribution in [0.3, 0.4) is 0 Å². The summed E-state index contributed by atoms with van der Waals surface area (Å²) in [5, 5.41) is 8.09. The van der Waals surface area contributed by atoms with E-state index in [9.17, 15) is 0 Å². The molecule has 0 bridgehead atoms. The average molecular weight is 338 g/mol. The van der Waals surface area contributed by atoms with Crippen molar-refractivity contribution in [2.75, 3.05) is 0 Å². The Kier molecular flexibility index (Phi) is 3.81. The van der Waals surface area contributed by atoms with Crippen LogP contribution in [0.1, 0.15) is 25.5 Å². The molecule has 0 aliphatic rings. The molecule has 0 aliphatic heterocycles. The van der Waals surface area contributed by atoms with Crippen molar-refractivity contribution in [3.8, 4) is 5.69 Å².